The van der Waals surface area contributed by atoms with Crippen LogP contribution in [0.4, 0.5) is 5.69 Å². The third-order valence-electron chi connectivity index (χ3n) is 2.13. The Bertz CT molecular complexity index is 355. The second-order valence-electron chi connectivity index (χ2n) is 3.54. The van der Waals surface area contributed by atoms with Crippen LogP contribution in [0.1, 0.15) is 13.8 Å². The van der Waals surface area contributed by atoms with Crippen molar-refractivity contribution in [3.63, 3.8) is 0 Å². The molecule has 0 aliphatic heterocycles. The van der Waals surface area contributed by atoms with Crippen LogP contribution >= 0.6 is 15.9 Å². The zero-order valence-electron chi connectivity index (χ0n) is 9.50. The SMILES string of the molecule is CCOC(=O)C(C)CNc1cccc(Br)c1. The Balaban J connectivity index is 2.42. The zero-order valence-corrected chi connectivity index (χ0v) is 11.1. The molecule has 0 bridgehead atoms. The Morgan fingerprint density at radius 1 is 1.56 bits per heavy atom. The maximum absolute atomic E-state index is 11.4. The van der Waals surface area contributed by atoms with Crippen LogP contribution in [0.2, 0.25) is 0 Å². The molecule has 0 heterocycles. The summed E-state index contributed by atoms with van der Waals surface area (Å²) in [5, 5.41) is 3.19. The van der Waals surface area contributed by atoms with Crippen LogP contribution in [0, 0.1) is 5.92 Å². The Hall–Kier alpha value is -1.03. The van der Waals surface area contributed by atoms with E-state index in [-0.39, 0.29) is 11.9 Å². The molecule has 4 heteroatoms. The Morgan fingerprint density at radius 2 is 2.31 bits per heavy atom. The number of ether oxygens (including phenoxy) is 1. The first kappa shape index (κ1) is 13.0. The molecule has 0 amide bonds. The van der Waals surface area contributed by atoms with E-state index in [4.69, 9.17) is 4.74 Å². The highest BCUT2D eigenvalue weighted by molar-refractivity contribution is 9.10. The van der Waals surface area contributed by atoms with E-state index in [0.29, 0.717) is 13.2 Å². The monoisotopic (exact) mass is 285 g/mol. The average Bonchev–Trinajstić information content (AvgIpc) is 2.26. The lowest BCUT2D eigenvalue weighted by Crippen LogP contribution is -2.22. The number of hydrogen-bond acceptors (Lipinski definition) is 3. The maximum atomic E-state index is 11.4. The topological polar surface area (TPSA) is 38.3 Å². The molecule has 1 N–H and O–H groups in total. The molecule has 1 rings (SSSR count). The van der Waals surface area contributed by atoms with Crippen molar-refractivity contribution in [3.8, 4) is 0 Å². The van der Waals surface area contributed by atoms with E-state index in [2.05, 4.69) is 21.2 Å². The Labute approximate surface area is 104 Å². The van der Waals surface area contributed by atoms with E-state index < -0.39 is 0 Å². The number of benzene rings is 1. The van der Waals surface area contributed by atoms with Gasteiger partial charge in [-0.2, -0.15) is 0 Å². The molecule has 16 heavy (non-hydrogen) atoms. The number of hydrogen-bond donors (Lipinski definition) is 1. The third kappa shape index (κ3) is 4.23. The fraction of sp³-hybridized carbons (Fsp3) is 0.417. The number of halogens is 1. The van der Waals surface area contributed by atoms with E-state index >= 15 is 0 Å². The average molecular weight is 286 g/mol. The summed E-state index contributed by atoms with van der Waals surface area (Å²) in [5.74, 6) is -0.302. The van der Waals surface area contributed by atoms with Gasteiger partial charge in [0.2, 0.25) is 0 Å². The van der Waals surface area contributed by atoms with Gasteiger partial charge in [0, 0.05) is 16.7 Å². The minimum absolute atomic E-state index is 0.140. The molecule has 0 aliphatic rings. The molecule has 1 atom stereocenters. The van der Waals surface area contributed by atoms with Gasteiger partial charge in [-0.25, -0.2) is 0 Å². The van der Waals surface area contributed by atoms with E-state index in [9.17, 15) is 4.79 Å². The molecule has 0 saturated heterocycles. The largest absolute Gasteiger partial charge is 0.466 e. The summed E-state index contributed by atoms with van der Waals surface area (Å²) in [4.78, 5) is 11.4. The van der Waals surface area contributed by atoms with E-state index in [1.807, 2.05) is 38.1 Å². The summed E-state index contributed by atoms with van der Waals surface area (Å²) in [7, 11) is 0. The number of nitrogens with one attached hydrogen (secondary N) is 1. The lowest BCUT2D eigenvalue weighted by atomic mass is 10.2. The molecule has 0 saturated carbocycles. The molecule has 1 unspecified atom stereocenters. The highest BCUT2D eigenvalue weighted by Crippen LogP contribution is 2.16. The zero-order chi connectivity index (χ0) is 12.0. The van der Waals surface area contributed by atoms with Gasteiger partial charge in [-0.1, -0.05) is 28.9 Å². The van der Waals surface area contributed by atoms with Crippen LogP contribution < -0.4 is 5.32 Å². The summed E-state index contributed by atoms with van der Waals surface area (Å²) in [6.45, 7) is 4.67. The fourth-order valence-electron chi connectivity index (χ4n) is 1.24. The van der Waals surface area contributed by atoms with Crippen molar-refractivity contribution < 1.29 is 9.53 Å². The molecule has 0 radical (unpaired) electrons. The van der Waals surface area contributed by atoms with Gasteiger partial charge in [0.15, 0.2) is 0 Å². The lowest BCUT2D eigenvalue weighted by Gasteiger charge is -2.12. The number of carbonyl (C=O) groups excluding carboxylic acids is 1. The summed E-state index contributed by atoms with van der Waals surface area (Å²) in [5.41, 5.74) is 0.991. The molecule has 0 spiro atoms. The van der Waals surface area contributed by atoms with Crippen molar-refractivity contribution >= 4 is 27.6 Å². The number of esters is 1. The van der Waals surface area contributed by atoms with Crippen molar-refractivity contribution in [1.82, 2.24) is 0 Å². The standard InChI is InChI=1S/C12H16BrNO2/c1-3-16-12(15)9(2)8-14-11-6-4-5-10(13)7-11/h4-7,9,14H,3,8H2,1-2H3. The van der Waals surface area contributed by atoms with Gasteiger partial charge in [-0.3, -0.25) is 4.79 Å². The van der Waals surface area contributed by atoms with Crippen LogP contribution in [0.15, 0.2) is 28.7 Å². The number of anilines is 1. The van der Waals surface area contributed by atoms with Crippen molar-refractivity contribution in [2.75, 3.05) is 18.5 Å². The predicted octanol–water partition coefficient (Wildman–Crippen LogP) is 3.06. The van der Waals surface area contributed by atoms with Crippen LogP contribution in [-0.4, -0.2) is 19.1 Å². The third-order valence-corrected chi connectivity index (χ3v) is 2.62. The Morgan fingerprint density at radius 3 is 2.94 bits per heavy atom. The van der Waals surface area contributed by atoms with Crippen LogP contribution in [0.5, 0.6) is 0 Å². The quantitative estimate of drug-likeness (QED) is 0.845. The molecule has 0 aromatic heterocycles. The molecule has 1 aromatic carbocycles. The summed E-state index contributed by atoms with van der Waals surface area (Å²) in [6, 6.07) is 7.84. The van der Waals surface area contributed by atoms with Crippen molar-refractivity contribution in [1.29, 1.82) is 0 Å². The van der Waals surface area contributed by atoms with Gasteiger partial charge in [0.05, 0.1) is 12.5 Å². The molecule has 3 nitrogen and oxygen atoms in total. The van der Waals surface area contributed by atoms with Gasteiger partial charge < -0.3 is 10.1 Å². The normalized spacial score (nSPS) is 11.9. The number of rotatable bonds is 5. The fourth-order valence-corrected chi connectivity index (χ4v) is 1.64. The first-order valence-corrected chi connectivity index (χ1v) is 6.09. The summed E-state index contributed by atoms with van der Waals surface area (Å²) >= 11 is 3.39. The second kappa shape index (κ2) is 6.53. The lowest BCUT2D eigenvalue weighted by molar-refractivity contribution is -0.146. The first-order valence-electron chi connectivity index (χ1n) is 5.29. The van der Waals surface area contributed by atoms with Crippen molar-refractivity contribution in [2.24, 2.45) is 5.92 Å². The van der Waals surface area contributed by atoms with Crippen LogP contribution in [0.3, 0.4) is 0 Å². The molecule has 0 fully saturated rings. The molecular formula is C12H16BrNO2. The Kier molecular flexibility index (Phi) is 5.32. The highest BCUT2D eigenvalue weighted by Gasteiger charge is 2.13. The van der Waals surface area contributed by atoms with Crippen LogP contribution in [-0.2, 0) is 9.53 Å². The van der Waals surface area contributed by atoms with Gasteiger partial charge in [0.25, 0.3) is 0 Å². The molecule has 1 aromatic rings. The summed E-state index contributed by atoms with van der Waals surface area (Å²) in [6.07, 6.45) is 0. The highest BCUT2D eigenvalue weighted by atomic mass is 79.9. The number of carbonyl (C=O) groups is 1. The minimum Gasteiger partial charge on any atom is -0.466 e. The molecule has 0 aliphatic carbocycles. The van der Waals surface area contributed by atoms with Gasteiger partial charge in [0.1, 0.15) is 0 Å². The van der Waals surface area contributed by atoms with Crippen molar-refractivity contribution in [3.05, 3.63) is 28.7 Å². The van der Waals surface area contributed by atoms with Crippen LogP contribution in [0.25, 0.3) is 0 Å². The van der Waals surface area contributed by atoms with E-state index in [1.165, 1.54) is 0 Å². The van der Waals surface area contributed by atoms with E-state index in [1.54, 1.807) is 0 Å². The summed E-state index contributed by atoms with van der Waals surface area (Å²) < 4.78 is 5.94. The second-order valence-corrected chi connectivity index (χ2v) is 4.46. The van der Waals surface area contributed by atoms with Gasteiger partial charge in [-0.05, 0) is 25.1 Å². The van der Waals surface area contributed by atoms with Gasteiger partial charge in [-0.15, -0.1) is 0 Å². The van der Waals surface area contributed by atoms with Crippen molar-refractivity contribution in [2.45, 2.75) is 13.8 Å². The molecule has 88 valence electrons. The van der Waals surface area contributed by atoms with E-state index in [0.717, 1.165) is 10.2 Å². The first-order chi connectivity index (χ1) is 7.63. The smallest absolute Gasteiger partial charge is 0.310 e. The predicted molar refractivity (Wildman–Crippen MR) is 68.4 cm³/mol. The minimum atomic E-state index is -0.162. The maximum Gasteiger partial charge on any atom is 0.310 e. The molecular weight excluding hydrogens is 270 g/mol. The van der Waals surface area contributed by atoms with Gasteiger partial charge >= 0.3 is 5.97 Å².